The Kier molecular flexibility index (Phi) is 3.35. The fourth-order valence-electron chi connectivity index (χ4n) is 2.06. The highest BCUT2D eigenvalue weighted by Crippen LogP contribution is 2.25. The molecule has 3 aromatic heterocycles. The fraction of sp³-hybridized carbons (Fsp3) is 0.333. The maximum absolute atomic E-state index is 6.21. The summed E-state index contributed by atoms with van der Waals surface area (Å²) in [6, 6.07) is 1.78. The van der Waals surface area contributed by atoms with Crippen molar-refractivity contribution in [2.45, 2.75) is 18.8 Å². The first kappa shape index (κ1) is 13.3. The van der Waals surface area contributed by atoms with Gasteiger partial charge in [-0.05, 0) is 13.0 Å². The molecule has 3 rings (SSSR count). The molecule has 0 aromatic carbocycles. The molecule has 0 spiro atoms. The van der Waals surface area contributed by atoms with Crippen molar-refractivity contribution in [3.63, 3.8) is 0 Å². The summed E-state index contributed by atoms with van der Waals surface area (Å²) < 4.78 is 3.79. The number of pyridine rings is 1. The summed E-state index contributed by atoms with van der Waals surface area (Å²) in [6.07, 6.45) is 3.25. The lowest BCUT2D eigenvalue weighted by molar-refractivity contribution is 0.671. The molecule has 1 unspecified atom stereocenters. The highest BCUT2D eigenvalue weighted by Gasteiger charge is 2.17. The monoisotopic (exact) mass is 310 g/mol. The summed E-state index contributed by atoms with van der Waals surface area (Å²) in [4.78, 5) is 8.86. The molecule has 0 saturated heterocycles. The molecule has 0 radical (unpaired) electrons. The number of halogens is 2. The largest absolute Gasteiger partial charge is 0.319 e. The van der Waals surface area contributed by atoms with Gasteiger partial charge in [-0.15, -0.1) is 21.8 Å². The zero-order valence-corrected chi connectivity index (χ0v) is 12.5. The van der Waals surface area contributed by atoms with Crippen LogP contribution in [0.3, 0.4) is 0 Å². The Bertz CT molecular complexity index is 760. The Morgan fingerprint density at radius 3 is 2.85 bits per heavy atom. The van der Waals surface area contributed by atoms with Crippen LogP contribution < -0.4 is 0 Å². The van der Waals surface area contributed by atoms with E-state index in [1.807, 2.05) is 23.1 Å². The van der Waals surface area contributed by atoms with E-state index in [9.17, 15) is 0 Å². The van der Waals surface area contributed by atoms with E-state index in [4.69, 9.17) is 23.2 Å². The second-order valence-corrected chi connectivity index (χ2v) is 5.62. The van der Waals surface area contributed by atoms with Crippen LogP contribution in [0.1, 0.15) is 23.9 Å². The number of hydrogen-bond acceptors (Lipinski definition) is 4. The number of imidazole rings is 1. The third-order valence-corrected chi connectivity index (χ3v) is 3.44. The van der Waals surface area contributed by atoms with E-state index in [1.165, 1.54) is 0 Å². The standard InChI is InChI=1S/C12H12Cl2N6/c1-7(13)11-17-9-3-8(14)4-15-12(9)20(11)5-10-18-16-6-19(10)2/h3-4,6-7H,5H2,1-2H3. The molecule has 0 fully saturated rings. The van der Waals surface area contributed by atoms with Crippen molar-refractivity contribution in [1.29, 1.82) is 0 Å². The number of fused-ring (bicyclic) bond motifs is 1. The minimum atomic E-state index is -0.240. The third-order valence-electron chi connectivity index (χ3n) is 3.04. The van der Waals surface area contributed by atoms with Crippen molar-refractivity contribution >= 4 is 34.4 Å². The SMILES string of the molecule is CC(Cl)c1nc2cc(Cl)cnc2n1Cc1nncn1C. The molecule has 8 heteroatoms. The Morgan fingerprint density at radius 2 is 2.20 bits per heavy atom. The molecule has 3 aromatic rings. The zero-order chi connectivity index (χ0) is 14.3. The first-order chi connectivity index (χ1) is 9.56. The van der Waals surface area contributed by atoms with E-state index in [0.717, 1.165) is 22.8 Å². The van der Waals surface area contributed by atoms with Crippen molar-refractivity contribution in [2.75, 3.05) is 0 Å². The number of alkyl halides is 1. The molecule has 0 bridgehead atoms. The Hall–Kier alpha value is -1.66. The van der Waals surface area contributed by atoms with E-state index >= 15 is 0 Å². The predicted molar refractivity (Wildman–Crippen MR) is 76.9 cm³/mol. The van der Waals surface area contributed by atoms with Gasteiger partial charge in [0.25, 0.3) is 0 Å². The van der Waals surface area contributed by atoms with Gasteiger partial charge < -0.3 is 9.13 Å². The van der Waals surface area contributed by atoms with Gasteiger partial charge in [0.15, 0.2) is 11.5 Å². The van der Waals surface area contributed by atoms with E-state index in [0.29, 0.717) is 11.6 Å². The molecular formula is C12H12Cl2N6. The fourth-order valence-corrected chi connectivity index (χ4v) is 2.37. The summed E-state index contributed by atoms with van der Waals surface area (Å²) in [7, 11) is 1.89. The molecule has 3 heterocycles. The zero-order valence-electron chi connectivity index (χ0n) is 11.0. The van der Waals surface area contributed by atoms with Crippen molar-refractivity contribution in [1.82, 2.24) is 29.3 Å². The maximum atomic E-state index is 6.21. The van der Waals surface area contributed by atoms with Crippen LogP contribution in [0, 0.1) is 0 Å². The molecule has 20 heavy (non-hydrogen) atoms. The van der Waals surface area contributed by atoms with Gasteiger partial charge in [0.05, 0.1) is 16.9 Å². The Balaban J connectivity index is 2.16. The normalized spacial score (nSPS) is 13.0. The average Bonchev–Trinajstić information content (AvgIpc) is 2.95. The molecule has 0 N–H and O–H groups in total. The van der Waals surface area contributed by atoms with Gasteiger partial charge in [-0.2, -0.15) is 0 Å². The van der Waals surface area contributed by atoms with Crippen LogP contribution in [0.15, 0.2) is 18.6 Å². The predicted octanol–water partition coefficient (Wildman–Crippen LogP) is 2.56. The van der Waals surface area contributed by atoms with Gasteiger partial charge >= 0.3 is 0 Å². The average molecular weight is 311 g/mol. The van der Waals surface area contributed by atoms with Gasteiger partial charge in [0.1, 0.15) is 17.7 Å². The number of aryl methyl sites for hydroxylation is 1. The van der Waals surface area contributed by atoms with Gasteiger partial charge in [-0.3, -0.25) is 0 Å². The Labute approximate surface area is 125 Å². The number of hydrogen-bond donors (Lipinski definition) is 0. The van der Waals surface area contributed by atoms with E-state index in [1.54, 1.807) is 18.6 Å². The number of nitrogens with zero attached hydrogens (tertiary/aromatic N) is 6. The smallest absolute Gasteiger partial charge is 0.160 e. The summed E-state index contributed by atoms with van der Waals surface area (Å²) in [6.45, 7) is 2.38. The minimum Gasteiger partial charge on any atom is -0.319 e. The van der Waals surface area contributed by atoms with Crippen LogP contribution >= 0.6 is 23.2 Å². The number of aromatic nitrogens is 6. The maximum Gasteiger partial charge on any atom is 0.160 e. The van der Waals surface area contributed by atoms with Crippen molar-refractivity contribution in [3.8, 4) is 0 Å². The molecule has 0 aliphatic rings. The Morgan fingerprint density at radius 1 is 1.40 bits per heavy atom. The summed E-state index contributed by atoms with van der Waals surface area (Å²) in [5, 5.41) is 8.27. The lowest BCUT2D eigenvalue weighted by Gasteiger charge is -2.09. The molecule has 104 valence electrons. The number of rotatable bonds is 3. The second-order valence-electron chi connectivity index (χ2n) is 4.53. The van der Waals surface area contributed by atoms with Gasteiger partial charge in [0, 0.05) is 13.2 Å². The van der Waals surface area contributed by atoms with Crippen molar-refractivity contribution in [3.05, 3.63) is 35.3 Å². The lowest BCUT2D eigenvalue weighted by atomic mass is 10.4. The molecule has 1 atom stereocenters. The first-order valence-corrected chi connectivity index (χ1v) is 6.86. The van der Waals surface area contributed by atoms with Crippen molar-refractivity contribution < 1.29 is 0 Å². The molecule has 0 saturated carbocycles. The van der Waals surface area contributed by atoms with Gasteiger partial charge in [-0.25, -0.2) is 9.97 Å². The topological polar surface area (TPSA) is 61.4 Å². The van der Waals surface area contributed by atoms with E-state index in [-0.39, 0.29) is 5.38 Å². The third kappa shape index (κ3) is 2.25. The van der Waals surface area contributed by atoms with Crippen LogP contribution in [0.4, 0.5) is 0 Å². The quantitative estimate of drug-likeness (QED) is 0.698. The van der Waals surface area contributed by atoms with Gasteiger partial charge in [-0.1, -0.05) is 11.6 Å². The van der Waals surface area contributed by atoms with Crippen LogP contribution in [0.25, 0.3) is 11.2 Å². The molecule has 0 amide bonds. The van der Waals surface area contributed by atoms with Crippen LogP contribution in [-0.4, -0.2) is 29.3 Å². The molecular weight excluding hydrogens is 299 g/mol. The van der Waals surface area contributed by atoms with E-state index < -0.39 is 0 Å². The van der Waals surface area contributed by atoms with Crippen LogP contribution in [0.2, 0.25) is 5.02 Å². The minimum absolute atomic E-state index is 0.240. The molecule has 6 nitrogen and oxygen atoms in total. The summed E-state index contributed by atoms with van der Waals surface area (Å²) in [5.41, 5.74) is 1.46. The molecule has 0 aliphatic carbocycles. The van der Waals surface area contributed by atoms with E-state index in [2.05, 4.69) is 20.2 Å². The van der Waals surface area contributed by atoms with Crippen LogP contribution in [-0.2, 0) is 13.6 Å². The van der Waals surface area contributed by atoms with Crippen LogP contribution in [0.5, 0.6) is 0 Å². The second kappa shape index (κ2) is 5.03. The van der Waals surface area contributed by atoms with Gasteiger partial charge in [0.2, 0.25) is 0 Å². The highest BCUT2D eigenvalue weighted by atomic mass is 35.5. The highest BCUT2D eigenvalue weighted by molar-refractivity contribution is 6.31. The summed E-state index contributed by atoms with van der Waals surface area (Å²) in [5.74, 6) is 1.54. The molecule has 0 aliphatic heterocycles. The van der Waals surface area contributed by atoms with Crippen molar-refractivity contribution in [2.24, 2.45) is 7.05 Å². The first-order valence-electron chi connectivity index (χ1n) is 6.05. The summed E-state index contributed by atoms with van der Waals surface area (Å²) >= 11 is 12.2. The lowest BCUT2D eigenvalue weighted by Crippen LogP contribution is -2.10.